The Kier molecular flexibility index (Phi) is 7.19. The first-order chi connectivity index (χ1) is 15.5. The van der Waals surface area contributed by atoms with Gasteiger partial charge >= 0.3 is 0 Å². The van der Waals surface area contributed by atoms with Crippen LogP contribution in [0, 0.1) is 6.92 Å². The quantitative estimate of drug-likeness (QED) is 0.571. The van der Waals surface area contributed by atoms with E-state index in [1.807, 2.05) is 43.6 Å². The van der Waals surface area contributed by atoms with Gasteiger partial charge in [0.15, 0.2) is 0 Å². The standard InChI is InChI=1S/C25H30N4O2S/c1-21-2-8-25(9-3-21)32(30,31)27-20-23-6-4-22(5-7-23)12-15-28-16-18-29(19-17-28)24-10-13-26-14-11-24/h2-11,13-14,27H,12,15-20H2,1H3. The molecule has 0 saturated carbocycles. The van der Waals surface area contributed by atoms with Gasteiger partial charge in [-0.2, -0.15) is 0 Å². The van der Waals surface area contributed by atoms with Gasteiger partial charge in [0, 0.05) is 57.3 Å². The van der Waals surface area contributed by atoms with Crippen LogP contribution < -0.4 is 9.62 Å². The van der Waals surface area contributed by atoms with E-state index in [4.69, 9.17) is 0 Å². The van der Waals surface area contributed by atoms with Crippen molar-refractivity contribution in [1.29, 1.82) is 0 Å². The van der Waals surface area contributed by atoms with E-state index in [-0.39, 0.29) is 6.54 Å². The number of hydrogen-bond donors (Lipinski definition) is 1. The molecule has 0 unspecified atom stereocenters. The minimum atomic E-state index is -3.50. The number of aryl methyl sites for hydroxylation is 1. The van der Waals surface area contributed by atoms with E-state index in [1.54, 1.807) is 12.1 Å². The van der Waals surface area contributed by atoms with Crippen molar-refractivity contribution in [2.75, 3.05) is 37.6 Å². The van der Waals surface area contributed by atoms with Crippen molar-refractivity contribution < 1.29 is 8.42 Å². The van der Waals surface area contributed by atoms with Crippen LogP contribution in [0.15, 0.2) is 78.0 Å². The van der Waals surface area contributed by atoms with E-state index in [9.17, 15) is 8.42 Å². The Bertz CT molecular complexity index is 1090. The third-order valence-corrected chi connectivity index (χ3v) is 7.35. The molecule has 168 valence electrons. The van der Waals surface area contributed by atoms with Gasteiger partial charge in [0.1, 0.15) is 0 Å². The molecule has 2 heterocycles. The van der Waals surface area contributed by atoms with E-state index in [2.05, 4.69) is 43.8 Å². The van der Waals surface area contributed by atoms with Crippen LogP contribution in [0.25, 0.3) is 0 Å². The molecule has 0 radical (unpaired) electrons. The molecule has 1 fully saturated rings. The third-order valence-electron chi connectivity index (χ3n) is 5.94. The highest BCUT2D eigenvalue weighted by molar-refractivity contribution is 7.89. The molecule has 3 aromatic rings. The highest BCUT2D eigenvalue weighted by atomic mass is 32.2. The summed E-state index contributed by atoms with van der Waals surface area (Å²) in [6, 6.07) is 19.2. The molecular formula is C25H30N4O2S. The summed E-state index contributed by atoms with van der Waals surface area (Å²) in [4.78, 5) is 9.30. The monoisotopic (exact) mass is 450 g/mol. The Morgan fingerprint density at radius 1 is 0.844 bits per heavy atom. The minimum absolute atomic E-state index is 0.285. The molecule has 2 aromatic carbocycles. The number of nitrogens with zero attached hydrogens (tertiary/aromatic N) is 3. The smallest absolute Gasteiger partial charge is 0.240 e. The second-order valence-corrected chi connectivity index (χ2v) is 10.0. The van der Waals surface area contributed by atoms with Crippen molar-refractivity contribution in [3.63, 3.8) is 0 Å². The Morgan fingerprint density at radius 3 is 2.12 bits per heavy atom. The molecule has 32 heavy (non-hydrogen) atoms. The van der Waals surface area contributed by atoms with Crippen LogP contribution in [-0.2, 0) is 23.0 Å². The molecule has 0 spiro atoms. The predicted octanol–water partition coefficient (Wildman–Crippen LogP) is 3.23. The number of rotatable bonds is 8. The van der Waals surface area contributed by atoms with Crippen LogP contribution in [0.2, 0.25) is 0 Å². The summed E-state index contributed by atoms with van der Waals surface area (Å²) in [6.45, 7) is 7.43. The van der Waals surface area contributed by atoms with Crippen molar-refractivity contribution >= 4 is 15.7 Å². The first kappa shape index (κ1) is 22.5. The summed E-state index contributed by atoms with van der Waals surface area (Å²) in [7, 11) is -3.50. The lowest BCUT2D eigenvalue weighted by Gasteiger charge is -2.36. The summed E-state index contributed by atoms with van der Waals surface area (Å²) in [6.07, 6.45) is 4.68. The van der Waals surface area contributed by atoms with Crippen molar-refractivity contribution in [1.82, 2.24) is 14.6 Å². The number of nitrogens with one attached hydrogen (secondary N) is 1. The number of pyridine rings is 1. The van der Waals surface area contributed by atoms with Crippen molar-refractivity contribution in [2.24, 2.45) is 0 Å². The Morgan fingerprint density at radius 2 is 1.47 bits per heavy atom. The maximum absolute atomic E-state index is 12.5. The molecule has 1 saturated heterocycles. The zero-order valence-corrected chi connectivity index (χ0v) is 19.3. The third kappa shape index (κ3) is 5.94. The van der Waals surface area contributed by atoms with Crippen LogP contribution in [-0.4, -0.2) is 51.0 Å². The maximum atomic E-state index is 12.5. The fourth-order valence-corrected chi connectivity index (χ4v) is 4.89. The number of hydrogen-bond acceptors (Lipinski definition) is 5. The van der Waals surface area contributed by atoms with E-state index in [1.165, 1.54) is 11.3 Å². The molecule has 4 rings (SSSR count). The summed E-state index contributed by atoms with van der Waals surface area (Å²) < 4.78 is 27.6. The molecule has 1 N–H and O–H groups in total. The Labute approximate surface area is 191 Å². The van der Waals surface area contributed by atoms with Crippen LogP contribution in [0.4, 0.5) is 5.69 Å². The predicted molar refractivity (Wildman–Crippen MR) is 128 cm³/mol. The molecule has 1 aliphatic rings. The minimum Gasteiger partial charge on any atom is -0.369 e. The maximum Gasteiger partial charge on any atom is 0.240 e. The Hall–Kier alpha value is -2.74. The van der Waals surface area contributed by atoms with Crippen molar-refractivity contribution in [2.45, 2.75) is 24.8 Å². The second kappa shape index (κ2) is 10.3. The molecular weight excluding hydrogens is 420 g/mol. The summed E-state index contributed by atoms with van der Waals surface area (Å²) in [5, 5.41) is 0. The molecule has 1 aliphatic heterocycles. The average Bonchev–Trinajstić information content (AvgIpc) is 2.83. The van der Waals surface area contributed by atoms with Gasteiger partial charge in [-0.15, -0.1) is 0 Å². The zero-order chi connectivity index (χ0) is 22.4. The second-order valence-electron chi connectivity index (χ2n) is 8.24. The summed E-state index contributed by atoms with van der Waals surface area (Å²) >= 11 is 0. The number of anilines is 1. The van der Waals surface area contributed by atoms with E-state index in [0.717, 1.165) is 50.3 Å². The van der Waals surface area contributed by atoms with E-state index < -0.39 is 10.0 Å². The summed E-state index contributed by atoms with van der Waals surface area (Å²) in [5.74, 6) is 0. The number of benzene rings is 2. The average molecular weight is 451 g/mol. The molecule has 6 nitrogen and oxygen atoms in total. The van der Waals surface area contributed by atoms with Gasteiger partial charge in [0.2, 0.25) is 10.0 Å². The summed E-state index contributed by atoms with van der Waals surface area (Å²) in [5.41, 5.74) is 4.51. The van der Waals surface area contributed by atoms with Gasteiger partial charge in [-0.25, -0.2) is 13.1 Å². The molecule has 7 heteroatoms. The topological polar surface area (TPSA) is 65.5 Å². The first-order valence-corrected chi connectivity index (χ1v) is 12.5. The first-order valence-electron chi connectivity index (χ1n) is 11.0. The van der Waals surface area contributed by atoms with Gasteiger partial charge in [0.25, 0.3) is 0 Å². The number of sulfonamides is 1. The van der Waals surface area contributed by atoms with Gasteiger partial charge < -0.3 is 4.90 Å². The molecule has 0 amide bonds. The van der Waals surface area contributed by atoms with Crippen LogP contribution >= 0.6 is 0 Å². The van der Waals surface area contributed by atoms with Crippen molar-refractivity contribution in [3.05, 3.63) is 89.7 Å². The lowest BCUT2D eigenvalue weighted by atomic mass is 10.1. The lowest BCUT2D eigenvalue weighted by molar-refractivity contribution is 0.261. The van der Waals surface area contributed by atoms with Gasteiger partial charge in [-0.1, -0.05) is 42.0 Å². The normalized spacial score (nSPS) is 15.1. The van der Waals surface area contributed by atoms with Crippen LogP contribution in [0.1, 0.15) is 16.7 Å². The highest BCUT2D eigenvalue weighted by Gasteiger charge is 2.17. The van der Waals surface area contributed by atoms with Gasteiger partial charge in [-0.05, 0) is 48.7 Å². The van der Waals surface area contributed by atoms with Crippen LogP contribution in [0.3, 0.4) is 0 Å². The fraction of sp³-hybridized carbons (Fsp3) is 0.320. The highest BCUT2D eigenvalue weighted by Crippen LogP contribution is 2.15. The molecule has 0 bridgehead atoms. The Balaban J connectivity index is 1.22. The van der Waals surface area contributed by atoms with Crippen LogP contribution in [0.5, 0.6) is 0 Å². The lowest BCUT2D eigenvalue weighted by Crippen LogP contribution is -2.47. The molecule has 0 aliphatic carbocycles. The van der Waals surface area contributed by atoms with E-state index in [0.29, 0.717) is 4.90 Å². The van der Waals surface area contributed by atoms with E-state index >= 15 is 0 Å². The fourth-order valence-electron chi connectivity index (χ4n) is 3.87. The number of aromatic nitrogens is 1. The van der Waals surface area contributed by atoms with Gasteiger partial charge in [-0.3, -0.25) is 9.88 Å². The zero-order valence-electron chi connectivity index (χ0n) is 18.4. The van der Waals surface area contributed by atoms with Gasteiger partial charge in [0.05, 0.1) is 4.90 Å². The molecule has 1 aromatic heterocycles. The molecule has 0 atom stereocenters. The largest absolute Gasteiger partial charge is 0.369 e. The number of piperazine rings is 1. The SMILES string of the molecule is Cc1ccc(S(=O)(=O)NCc2ccc(CCN3CCN(c4ccncc4)CC3)cc2)cc1. The van der Waals surface area contributed by atoms with Crippen molar-refractivity contribution in [3.8, 4) is 0 Å².